The summed E-state index contributed by atoms with van der Waals surface area (Å²) in [6.07, 6.45) is 1.43. The Bertz CT molecular complexity index is 613. The van der Waals surface area contributed by atoms with Crippen molar-refractivity contribution < 1.29 is 24.0 Å². The highest BCUT2D eigenvalue weighted by atomic mass is 32.2. The highest BCUT2D eigenvalue weighted by molar-refractivity contribution is 8.13. The average molecular weight is 322 g/mol. The molecule has 0 spiro atoms. The lowest BCUT2D eigenvalue weighted by Crippen LogP contribution is -2.27. The maximum Gasteiger partial charge on any atom is 0.307 e. The zero-order chi connectivity index (χ0) is 15.8. The number of thioether (sulfide) groups is 1. The third-order valence-electron chi connectivity index (χ3n) is 2.53. The van der Waals surface area contributed by atoms with E-state index in [-0.39, 0.29) is 11.7 Å². The van der Waals surface area contributed by atoms with Crippen LogP contribution in [0, 0.1) is 0 Å². The number of hydrogen-bond acceptors (Lipinski definition) is 6. The molecule has 0 saturated carbocycles. The van der Waals surface area contributed by atoms with Crippen LogP contribution in [0.3, 0.4) is 0 Å². The molecule has 1 aromatic heterocycles. The summed E-state index contributed by atoms with van der Waals surface area (Å²) in [5.74, 6) is 0.569. The molecule has 2 amide bonds. The van der Waals surface area contributed by atoms with Gasteiger partial charge in [0.2, 0.25) is 0 Å². The molecule has 0 saturated heterocycles. The number of nitrogens with one attached hydrogen (secondary N) is 2. The minimum absolute atomic E-state index is 0.253. The molecule has 2 aromatic rings. The second-order valence-corrected chi connectivity index (χ2v) is 5.10. The molecule has 116 valence electrons. The molecule has 0 radical (unpaired) electrons. The van der Waals surface area contributed by atoms with Crippen molar-refractivity contribution >= 4 is 22.9 Å². The van der Waals surface area contributed by atoms with E-state index in [4.69, 9.17) is 14.4 Å². The fourth-order valence-corrected chi connectivity index (χ4v) is 2.09. The van der Waals surface area contributed by atoms with Crippen molar-refractivity contribution in [1.82, 2.24) is 10.8 Å². The fourth-order valence-electron chi connectivity index (χ4n) is 1.56. The van der Waals surface area contributed by atoms with Crippen molar-refractivity contribution in [3.63, 3.8) is 0 Å². The maximum absolute atomic E-state index is 11.6. The third-order valence-corrected chi connectivity index (χ3v) is 3.31. The Morgan fingerprint density at radius 3 is 2.64 bits per heavy atom. The van der Waals surface area contributed by atoms with Crippen LogP contribution in [-0.2, 0) is 0 Å². The van der Waals surface area contributed by atoms with Gasteiger partial charge < -0.3 is 14.5 Å². The van der Waals surface area contributed by atoms with Gasteiger partial charge >= 0.3 is 5.24 Å². The van der Waals surface area contributed by atoms with Crippen LogP contribution >= 0.6 is 11.8 Å². The maximum atomic E-state index is 11.6. The van der Waals surface area contributed by atoms with E-state index in [9.17, 15) is 9.59 Å². The Balaban J connectivity index is 1.71. The van der Waals surface area contributed by atoms with E-state index in [0.29, 0.717) is 23.8 Å². The summed E-state index contributed by atoms with van der Waals surface area (Å²) < 4.78 is 10.4. The molecule has 0 aliphatic heterocycles. The number of furan rings is 1. The van der Waals surface area contributed by atoms with Crippen molar-refractivity contribution in [2.45, 2.75) is 4.90 Å². The molecular formula is C14H14N2O5S. The lowest BCUT2D eigenvalue weighted by atomic mass is 10.3. The molecule has 22 heavy (non-hydrogen) atoms. The molecule has 0 aliphatic carbocycles. The number of rotatable bonds is 6. The van der Waals surface area contributed by atoms with E-state index in [2.05, 4.69) is 5.32 Å². The summed E-state index contributed by atoms with van der Waals surface area (Å²) in [7, 11) is 0. The summed E-state index contributed by atoms with van der Waals surface area (Å²) in [6.45, 7) is 0.638. The summed E-state index contributed by atoms with van der Waals surface area (Å²) in [5.41, 5.74) is 1.54. The van der Waals surface area contributed by atoms with Crippen LogP contribution in [0.2, 0.25) is 0 Å². The molecule has 7 nitrogen and oxygen atoms in total. The zero-order valence-corrected chi connectivity index (χ0v) is 12.3. The van der Waals surface area contributed by atoms with Crippen LogP contribution in [0.5, 0.6) is 5.75 Å². The molecule has 0 aliphatic rings. The first-order valence-corrected chi connectivity index (χ1v) is 7.17. The first kappa shape index (κ1) is 15.9. The van der Waals surface area contributed by atoms with Gasteiger partial charge in [0.05, 0.1) is 12.8 Å². The van der Waals surface area contributed by atoms with Crippen molar-refractivity contribution in [2.24, 2.45) is 0 Å². The van der Waals surface area contributed by atoms with Crippen LogP contribution < -0.4 is 15.5 Å². The van der Waals surface area contributed by atoms with Gasteiger partial charge in [-0.15, -0.1) is 0 Å². The standard InChI is InChI=1S/C14H14N2O5S/c17-13(12-2-1-8-21-12)15-7-9-20-10-3-5-11(6-4-10)22-14(18)16-19/h1-6,8,19H,7,9H2,(H,15,17)(H,16,18). The first-order valence-electron chi connectivity index (χ1n) is 6.35. The normalized spacial score (nSPS) is 10.0. The number of hydrogen-bond donors (Lipinski definition) is 3. The monoisotopic (exact) mass is 322 g/mol. The number of benzene rings is 1. The van der Waals surface area contributed by atoms with Crippen molar-refractivity contribution in [1.29, 1.82) is 0 Å². The minimum atomic E-state index is -0.561. The van der Waals surface area contributed by atoms with Crippen LogP contribution in [-0.4, -0.2) is 29.5 Å². The van der Waals surface area contributed by atoms with E-state index in [1.54, 1.807) is 36.4 Å². The predicted octanol–water partition coefficient (Wildman–Crippen LogP) is 2.28. The highest BCUT2D eigenvalue weighted by Gasteiger charge is 2.07. The number of ether oxygens (including phenoxy) is 1. The van der Waals surface area contributed by atoms with Gasteiger partial charge in [0.1, 0.15) is 12.4 Å². The van der Waals surface area contributed by atoms with Gasteiger partial charge in [0.15, 0.2) is 5.76 Å². The quantitative estimate of drug-likeness (QED) is 0.326. The minimum Gasteiger partial charge on any atom is -0.492 e. The third kappa shape index (κ3) is 4.83. The number of carbonyl (C=O) groups is 2. The first-order chi connectivity index (χ1) is 10.7. The van der Waals surface area contributed by atoms with Crippen LogP contribution in [0.15, 0.2) is 52.0 Å². The molecule has 8 heteroatoms. The van der Waals surface area contributed by atoms with Crippen LogP contribution in [0.1, 0.15) is 10.6 Å². The average Bonchev–Trinajstić information content (AvgIpc) is 3.07. The topological polar surface area (TPSA) is 101 Å². The molecule has 1 aromatic carbocycles. The lowest BCUT2D eigenvalue weighted by molar-refractivity contribution is 0.0919. The molecule has 0 bridgehead atoms. The van der Waals surface area contributed by atoms with Gasteiger partial charge in [-0.2, -0.15) is 0 Å². The van der Waals surface area contributed by atoms with Crippen molar-refractivity contribution in [2.75, 3.05) is 13.2 Å². The van der Waals surface area contributed by atoms with Crippen molar-refractivity contribution in [3.05, 3.63) is 48.4 Å². The van der Waals surface area contributed by atoms with Crippen LogP contribution in [0.25, 0.3) is 0 Å². The number of carbonyl (C=O) groups excluding carboxylic acids is 2. The highest BCUT2D eigenvalue weighted by Crippen LogP contribution is 2.21. The number of amides is 2. The van der Waals surface area contributed by atoms with E-state index in [1.807, 2.05) is 0 Å². The molecule has 0 atom stereocenters. The molecule has 0 fully saturated rings. The van der Waals surface area contributed by atoms with Crippen molar-refractivity contribution in [3.8, 4) is 5.75 Å². The van der Waals surface area contributed by atoms with E-state index >= 15 is 0 Å². The second kappa shape index (κ2) is 8.11. The Labute approximate surface area is 130 Å². The summed E-state index contributed by atoms with van der Waals surface area (Å²) in [4.78, 5) is 23.2. The van der Waals surface area contributed by atoms with Gasteiger partial charge in [-0.3, -0.25) is 14.8 Å². The molecule has 1 heterocycles. The van der Waals surface area contributed by atoms with Gasteiger partial charge in [-0.1, -0.05) is 0 Å². The summed E-state index contributed by atoms with van der Waals surface area (Å²) in [6, 6.07) is 9.99. The fraction of sp³-hybridized carbons (Fsp3) is 0.143. The SMILES string of the molecule is O=C(NO)Sc1ccc(OCCNC(=O)c2ccco2)cc1. The largest absolute Gasteiger partial charge is 0.492 e. The molecule has 3 N–H and O–H groups in total. The second-order valence-electron chi connectivity index (χ2n) is 4.05. The Morgan fingerprint density at radius 2 is 2.00 bits per heavy atom. The summed E-state index contributed by atoms with van der Waals surface area (Å²) >= 11 is 0.860. The Hall–Kier alpha value is -2.45. The van der Waals surface area contributed by atoms with Gasteiger partial charge in [-0.25, -0.2) is 5.48 Å². The van der Waals surface area contributed by atoms with E-state index < -0.39 is 5.24 Å². The predicted molar refractivity (Wildman–Crippen MR) is 79.2 cm³/mol. The molecule has 0 unspecified atom stereocenters. The van der Waals surface area contributed by atoms with Gasteiger partial charge in [-0.05, 0) is 48.2 Å². The van der Waals surface area contributed by atoms with Gasteiger partial charge in [0.25, 0.3) is 5.91 Å². The lowest BCUT2D eigenvalue weighted by Gasteiger charge is -2.07. The number of hydroxylamine groups is 1. The van der Waals surface area contributed by atoms with Gasteiger partial charge in [0, 0.05) is 4.90 Å². The molecular weight excluding hydrogens is 308 g/mol. The van der Waals surface area contributed by atoms with E-state index in [0.717, 1.165) is 11.8 Å². The molecule has 2 rings (SSSR count). The Kier molecular flexibility index (Phi) is 5.87. The van der Waals surface area contributed by atoms with E-state index in [1.165, 1.54) is 11.7 Å². The summed E-state index contributed by atoms with van der Waals surface area (Å²) in [5, 5.41) is 10.5. The smallest absolute Gasteiger partial charge is 0.307 e. The van der Waals surface area contributed by atoms with Crippen LogP contribution in [0.4, 0.5) is 4.79 Å². The Morgan fingerprint density at radius 1 is 1.23 bits per heavy atom. The zero-order valence-electron chi connectivity index (χ0n) is 11.4.